The zero-order valence-electron chi connectivity index (χ0n) is 19.5. The van der Waals surface area contributed by atoms with Crippen molar-refractivity contribution >= 4 is 5.91 Å². The fourth-order valence-electron chi connectivity index (χ4n) is 5.74. The Morgan fingerprint density at radius 2 is 1.79 bits per heavy atom. The zero-order chi connectivity index (χ0) is 23.7. The predicted octanol–water partition coefficient (Wildman–Crippen LogP) is 3.91. The van der Waals surface area contributed by atoms with Crippen LogP contribution in [0.2, 0.25) is 0 Å². The molecule has 3 aliphatic heterocycles. The molecule has 0 aromatic heterocycles. The number of carbonyl (C=O) groups is 1. The Balaban J connectivity index is 1.40. The van der Waals surface area contributed by atoms with Crippen molar-refractivity contribution in [2.45, 2.75) is 56.1 Å². The molecule has 7 heteroatoms. The van der Waals surface area contributed by atoms with Gasteiger partial charge in [-0.05, 0) is 48.1 Å². The van der Waals surface area contributed by atoms with Crippen LogP contribution in [0.5, 0.6) is 0 Å². The first kappa shape index (κ1) is 23.4. The van der Waals surface area contributed by atoms with Crippen molar-refractivity contribution in [1.29, 1.82) is 0 Å². The van der Waals surface area contributed by atoms with Crippen molar-refractivity contribution in [3.05, 3.63) is 71.0 Å². The van der Waals surface area contributed by atoms with Gasteiger partial charge >= 0.3 is 0 Å². The molecule has 3 heterocycles. The minimum absolute atomic E-state index is 0.0153. The largest absolute Gasteiger partial charge is 0.377 e. The van der Waals surface area contributed by atoms with Crippen molar-refractivity contribution in [3.63, 3.8) is 0 Å². The van der Waals surface area contributed by atoms with Crippen molar-refractivity contribution in [2.24, 2.45) is 0 Å². The number of hydrogen-bond acceptors (Lipinski definition) is 4. The maximum atomic E-state index is 13.9. The average Bonchev–Trinajstić information content (AvgIpc) is 2.88. The first-order valence-corrected chi connectivity index (χ1v) is 12.2. The maximum Gasteiger partial charge on any atom is 0.252 e. The number of ether oxygens (including phenoxy) is 2. The summed E-state index contributed by atoms with van der Waals surface area (Å²) in [7, 11) is 1.66. The van der Waals surface area contributed by atoms with Crippen LogP contribution < -0.4 is 0 Å². The van der Waals surface area contributed by atoms with Gasteiger partial charge in [0.15, 0.2) is 0 Å². The SMILES string of the molecule is CO[C@H]1CO[C@@H](C(=O)N2CCc3ccccc3[C@@H]2c2ccc(F)cc2)C[C@@H]1N1CCC(F)CC1. The predicted molar refractivity (Wildman–Crippen MR) is 125 cm³/mol. The molecule has 0 N–H and O–H groups in total. The molecule has 0 spiro atoms. The zero-order valence-corrected chi connectivity index (χ0v) is 19.5. The lowest BCUT2D eigenvalue weighted by Gasteiger charge is -2.45. The molecule has 0 unspecified atom stereocenters. The number of halogens is 2. The van der Waals surface area contributed by atoms with E-state index in [1.165, 1.54) is 17.7 Å². The third-order valence-corrected chi connectivity index (χ3v) is 7.60. The number of fused-ring (bicyclic) bond motifs is 1. The van der Waals surface area contributed by atoms with Gasteiger partial charge in [0.1, 0.15) is 18.1 Å². The van der Waals surface area contributed by atoms with E-state index in [9.17, 15) is 13.6 Å². The Morgan fingerprint density at radius 1 is 1.06 bits per heavy atom. The van der Waals surface area contributed by atoms with E-state index in [1.54, 1.807) is 19.2 Å². The number of methoxy groups -OCH3 is 1. The van der Waals surface area contributed by atoms with Crippen molar-refractivity contribution in [3.8, 4) is 0 Å². The Labute approximate surface area is 199 Å². The third-order valence-electron chi connectivity index (χ3n) is 7.60. The van der Waals surface area contributed by atoms with E-state index in [2.05, 4.69) is 17.0 Å². The van der Waals surface area contributed by atoms with E-state index in [0.29, 0.717) is 45.5 Å². The quantitative estimate of drug-likeness (QED) is 0.680. The Morgan fingerprint density at radius 3 is 2.53 bits per heavy atom. The van der Waals surface area contributed by atoms with Crippen LogP contribution in [0.4, 0.5) is 8.78 Å². The minimum Gasteiger partial charge on any atom is -0.377 e. The fraction of sp³-hybridized carbons (Fsp3) is 0.519. The molecule has 0 saturated carbocycles. The van der Waals surface area contributed by atoms with Crippen LogP contribution in [0.1, 0.15) is 42.0 Å². The van der Waals surface area contributed by atoms with Gasteiger partial charge in [0.25, 0.3) is 5.91 Å². The van der Waals surface area contributed by atoms with Gasteiger partial charge in [0.05, 0.1) is 18.8 Å². The molecule has 0 radical (unpaired) electrons. The smallest absolute Gasteiger partial charge is 0.252 e. The summed E-state index contributed by atoms with van der Waals surface area (Å²) < 4.78 is 39.1. The molecule has 5 rings (SSSR count). The molecule has 1 amide bonds. The molecule has 5 nitrogen and oxygen atoms in total. The summed E-state index contributed by atoms with van der Waals surface area (Å²) in [4.78, 5) is 18.0. The van der Waals surface area contributed by atoms with Gasteiger partial charge in [-0.1, -0.05) is 36.4 Å². The molecule has 0 bridgehead atoms. The number of likely N-dealkylation sites (tertiary alicyclic amines) is 1. The molecule has 2 fully saturated rings. The number of alkyl halides is 1. The van der Waals surface area contributed by atoms with Crippen molar-refractivity contribution < 1.29 is 23.0 Å². The van der Waals surface area contributed by atoms with E-state index in [-0.39, 0.29) is 29.9 Å². The minimum atomic E-state index is -0.751. The molecule has 182 valence electrons. The van der Waals surface area contributed by atoms with Gasteiger partial charge in [-0.3, -0.25) is 9.69 Å². The van der Waals surface area contributed by atoms with Crippen LogP contribution in [0, 0.1) is 5.82 Å². The number of piperidine rings is 1. The summed E-state index contributed by atoms with van der Waals surface area (Å²) in [5.74, 6) is -0.351. The average molecular weight is 471 g/mol. The fourth-order valence-corrected chi connectivity index (χ4v) is 5.74. The van der Waals surface area contributed by atoms with Gasteiger partial charge in [0, 0.05) is 39.2 Å². The Hall–Kier alpha value is -2.35. The molecule has 3 aliphatic rings. The highest BCUT2D eigenvalue weighted by molar-refractivity contribution is 5.82. The summed E-state index contributed by atoms with van der Waals surface area (Å²) >= 11 is 0. The summed E-state index contributed by atoms with van der Waals surface area (Å²) in [5.41, 5.74) is 3.16. The van der Waals surface area contributed by atoms with E-state index >= 15 is 0 Å². The lowest BCUT2D eigenvalue weighted by molar-refractivity contribution is -0.163. The number of nitrogens with zero attached hydrogens (tertiary/aromatic N) is 2. The topological polar surface area (TPSA) is 42.0 Å². The van der Waals surface area contributed by atoms with Crippen LogP contribution in [0.15, 0.2) is 48.5 Å². The van der Waals surface area contributed by atoms with Crippen molar-refractivity contribution in [2.75, 3.05) is 33.4 Å². The first-order valence-electron chi connectivity index (χ1n) is 12.2. The summed E-state index contributed by atoms with van der Waals surface area (Å²) in [6.45, 7) is 2.24. The number of carbonyl (C=O) groups excluding carboxylic acids is 1. The van der Waals surface area contributed by atoms with Crippen LogP contribution in [0.3, 0.4) is 0 Å². The normalized spacial score (nSPS) is 28.5. The highest BCUT2D eigenvalue weighted by Gasteiger charge is 2.42. The van der Waals surface area contributed by atoms with E-state index in [1.807, 2.05) is 17.0 Å². The second-order valence-corrected chi connectivity index (χ2v) is 9.54. The summed E-state index contributed by atoms with van der Waals surface area (Å²) in [6, 6.07) is 14.3. The molecule has 4 atom stereocenters. The molecular formula is C27H32F2N2O3. The summed E-state index contributed by atoms with van der Waals surface area (Å²) in [5, 5.41) is 0. The Bertz CT molecular complexity index is 994. The number of benzene rings is 2. The highest BCUT2D eigenvalue weighted by atomic mass is 19.1. The highest BCUT2D eigenvalue weighted by Crippen LogP contribution is 2.37. The monoisotopic (exact) mass is 470 g/mol. The molecule has 34 heavy (non-hydrogen) atoms. The van der Waals surface area contributed by atoms with Gasteiger partial charge in [-0.15, -0.1) is 0 Å². The van der Waals surface area contributed by atoms with E-state index < -0.39 is 12.3 Å². The van der Waals surface area contributed by atoms with Gasteiger partial charge in [-0.25, -0.2) is 8.78 Å². The second kappa shape index (κ2) is 10.1. The lowest BCUT2D eigenvalue weighted by atomic mass is 9.87. The van der Waals surface area contributed by atoms with Crippen LogP contribution in [0.25, 0.3) is 0 Å². The molecule has 2 aromatic rings. The standard InChI is InChI=1S/C27H32F2N2O3/c1-33-25-17-34-24(16-23(25)30-13-11-21(29)12-14-30)27(32)31-15-10-18-4-2-3-5-22(18)26(31)19-6-8-20(28)9-7-19/h2-9,21,23-26H,10-17H2,1H3/t23-,24+,25-,26-/m0/s1. The van der Waals surface area contributed by atoms with E-state index in [4.69, 9.17) is 9.47 Å². The number of hydrogen-bond donors (Lipinski definition) is 0. The second-order valence-electron chi connectivity index (χ2n) is 9.54. The van der Waals surface area contributed by atoms with Crippen LogP contribution in [-0.4, -0.2) is 73.5 Å². The lowest BCUT2D eigenvalue weighted by Crippen LogP contribution is -2.57. The van der Waals surface area contributed by atoms with Crippen LogP contribution >= 0.6 is 0 Å². The molecule has 2 saturated heterocycles. The van der Waals surface area contributed by atoms with Crippen LogP contribution in [-0.2, 0) is 20.7 Å². The van der Waals surface area contributed by atoms with Gasteiger partial charge in [-0.2, -0.15) is 0 Å². The van der Waals surface area contributed by atoms with Crippen molar-refractivity contribution in [1.82, 2.24) is 9.80 Å². The molecule has 2 aromatic carbocycles. The third kappa shape index (κ3) is 4.61. The molecule has 0 aliphatic carbocycles. The maximum absolute atomic E-state index is 13.9. The molecular weight excluding hydrogens is 438 g/mol. The van der Waals surface area contributed by atoms with Gasteiger partial charge in [0.2, 0.25) is 0 Å². The van der Waals surface area contributed by atoms with E-state index in [0.717, 1.165) is 17.5 Å². The first-order chi connectivity index (χ1) is 16.5. The van der Waals surface area contributed by atoms with Gasteiger partial charge < -0.3 is 14.4 Å². The summed E-state index contributed by atoms with van der Waals surface area (Å²) in [6.07, 6.45) is 0.828. The number of rotatable bonds is 4. The number of amides is 1. The Kier molecular flexibility index (Phi) is 6.95.